The van der Waals surface area contributed by atoms with Gasteiger partial charge in [-0.15, -0.1) is 0 Å². The molecule has 1 fully saturated rings. The third-order valence-corrected chi connectivity index (χ3v) is 5.18. The highest BCUT2D eigenvalue weighted by atomic mass is 79.9. The lowest BCUT2D eigenvalue weighted by Gasteiger charge is -2.34. The van der Waals surface area contributed by atoms with Crippen molar-refractivity contribution in [2.24, 2.45) is 7.05 Å². The minimum absolute atomic E-state index is 0.0691. The van der Waals surface area contributed by atoms with Crippen molar-refractivity contribution in [2.45, 2.75) is 18.9 Å². The molecule has 6 nitrogen and oxygen atoms in total. The van der Waals surface area contributed by atoms with E-state index in [-0.39, 0.29) is 11.9 Å². The second-order valence-electron chi connectivity index (χ2n) is 6.67. The Morgan fingerprint density at radius 1 is 1.31 bits per heavy atom. The first kappa shape index (κ1) is 17.0. The van der Waals surface area contributed by atoms with E-state index in [0.717, 1.165) is 47.1 Å². The minimum Gasteiger partial charge on any atom is -0.355 e. The van der Waals surface area contributed by atoms with E-state index in [1.165, 1.54) is 0 Å². The standard InChI is InChI=1S/C19H20BrN5O/c1-24-11-14(10-21-24)19(26)22-16-3-2-8-25(12-16)18-7-5-13-4-6-15(20)9-17(13)23-18/h4-7,9-11,16H,2-3,8,12H2,1H3,(H,22,26). The number of nitrogens with zero attached hydrogens (tertiary/aromatic N) is 4. The second-order valence-corrected chi connectivity index (χ2v) is 7.58. The van der Waals surface area contributed by atoms with Crippen molar-refractivity contribution < 1.29 is 4.79 Å². The highest BCUT2D eigenvalue weighted by Gasteiger charge is 2.23. The topological polar surface area (TPSA) is 63.1 Å². The Bertz CT molecular complexity index is 954. The summed E-state index contributed by atoms with van der Waals surface area (Å²) in [7, 11) is 1.81. The highest BCUT2D eigenvalue weighted by molar-refractivity contribution is 9.10. The van der Waals surface area contributed by atoms with Gasteiger partial charge >= 0.3 is 0 Å². The van der Waals surface area contributed by atoms with Crippen LogP contribution in [-0.4, -0.2) is 39.8 Å². The summed E-state index contributed by atoms with van der Waals surface area (Å²) < 4.78 is 2.66. The predicted octanol–water partition coefficient (Wildman–Crippen LogP) is 3.13. The largest absolute Gasteiger partial charge is 0.355 e. The van der Waals surface area contributed by atoms with E-state index in [1.807, 2.05) is 19.2 Å². The van der Waals surface area contributed by atoms with E-state index in [2.05, 4.69) is 49.4 Å². The number of amides is 1. The van der Waals surface area contributed by atoms with Crippen LogP contribution < -0.4 is 10.2 Å². The van der Waals surface area contributed by atoms with Crippen molar-refractivity contribution in [3.63, 3.8) is 0 Å². The van der Waals surface area contributed by atoms with Gasteiger partial charge < -0.3 is 10.2 Å². The van der Waals surface area contributed by atoms with Crippen molar-refractivity contribution in [3.8, 4) is 0 Å². The molecule has 0 aliphatic carbocycles. The number of hydrogen-bond donors (Lipinski definition) is 1. The number of aryl methyl sites for hydroxylation is 1. The summed E-state index contributed by atoms with van der Waals surface area (Å²) in [5.74, 6) is 0.885. The number of aromatic nitrogens is 3. The number of pyridine rings is 1. The fraction of sp³-hybridized carbons (Fsp3) is 0.316. The van der Waals surface area contributed by atoms with Crippen molar-refractivity contribution in [1.82, 2.24) is 20.1 Å². The number of anilines is 1. The molecular formula is C19H20BrN5O. The SMILES string of the molecule is Cn1cc(C(=O)NC2CCCN(c3ccc4ccc(Br)cc4n3)C2)cn1. The molecule has 0 spiro atoms. The van der Waals surface area contributed by atoms with E-state index in [9.17, 15) is 4.79 Å². The predicted molar refractivity (Wildman–Crippen MR) is 105 cm³/mol. The molecule has 0 saturated carbocycles. The number of hydrogen-bond acceptors (Lipinski definition) is 4. The molecule has 2 aromatic heterocycles. The minimum atomic E-state index is -0.0691. The Labute approximate surface area is 160 Å². The van der Waals surface area contributed by atoms with Gasteiger partial charge in [0.05, 0.1) is 17.3 Å². The molecule has 1 N–H and O–H groups in total. The van der Waals surface area contributed by atoms with Gasteiger partial charge in [0.2, 0.25) is 0 Å². The van der Waals surface area contributed by atoms with E-state index in [1.54, 1.807) is 17.1 Å². The molecule has 7 heteroatoms. The summed E-state index contributed by atoms with van der Waals surface area (Å²) in [5, 5.41) is 8.31. The van der Waals surface area contributed by atoms with Crippen LogP contribution >= 0.6 is 15.9 Å². The van der Waals surface area contributed by atoms with Crippen LogP contribution in [0.1, 0.15) is 23.2 Å². The molecule has 3 aromatic rings. The highest BCUT2D eigenvalue weighted by Crippen LogP contribution is 2.24. The van der Waals surface area contributed by atoms with Gasteiger partial charge in [0.15, 0.2) is 0 Å². The van der Waals surface area contributed by atoms with Crippen LogP contribution in [0, 0.1) is 0 Å². The maximum atomic E-state index is 12.4. The van der Waals surface area contributed by atoms with Gasteiger partial charge in [-0.25, -0.2) is 4.98 Å². The Morgan fingerprint density at radius 3 is 2.96 bits per heavy atom. The van der Waals surface area contributed by atoms with Crippen LogP contribution in [0.25, 0.3) is 10.9 Å². The lowest BCUT2D eigenvalue weighted by molar-refractivity contribution is 0.0933. The average molecular weight is 414 g/mol. The Balaban J connectivity index is 1.48. The third kappa shape index (κ3) is 3.58. The van der Waals surface area contributed by atoms with Gasteiger partial charge in [-0.05, 0) is 37.1 Å². The zero-order chi connectivity index (χ0) is 18.1. The third-order valence-electron chi connectivity index (χ3n) is 4.69. The fourth-order valence-electron chi connectivity index (χ4n) is 3.37. The van der Waals surface area contributed by atoms with Crippen molar-refractivity contribution in [2.75, 3.05) is 18.0 Å². The average Bonchev–Trinajstić information content (AvgIpc) is 3.08. The summed E-state index contributed by atoms with van der Waals surface area (Å²) in [6.07, 6.45) is 5.33. The van der Waals surface area contributed by atoms with Gasteiger partial charge in [0, 0.05) is 42.2 Å². The molecule has 0 bridgehead atoms. The fourth-order valence-corrected chi connectivity index (χ4v) is 3.71. The van der Waals surface area contributed by atoms with Crippen molar-refractivity contribution >= 4 is 38.6 Å². The van der Waals surface area contributed by atoms with Crippen molar-refractivity contribution in [3.05, 3.63) is 52.8 Å². The molecule has 1 aliphatic heterocycles. The maximum absolute atomic E-state index is 12.4. The summed E-state index contributed by atoms with van der Waals surface area (Å²) in [5.41, 5.74) is 1.57. The summed E-state index contributed by atoms with van der Waals surface area (Å²) in [4.78, 5) is 19.4. The number of carbonyl (C=O) groups excluding carboxylic acids is 1. The van der Waals surface area contributed by atoms with Gasteiger partial charge in [-0.3, -0.25) is 9.48 Å². The molecule has 3 heterocycles. The molecule has 1 saturated heterocycles. The second kappa shape index (κ2) is 7.07. The number of rotatable bonds is 3. The van der Waals surface area contributed by atoms with Crippen LogP contribution in [0.3, 0.4) is 0 Å². The lowest BCUT2D eigenvalue weighted by Crippen LogP contribution is -2.48. The molecule has 1 unspecified atom stereocenters. The summed E-state index contributed by atoms with van der Waals surface area (Å²) >= 11 is 3.51. The number of fused-ring (bicyclic) bond motifs is 1. The Morgan fingerprint density at radius 2 is 2.15 bits per heavy atom. The first-order chi connectivity index (χ1) is 12.6. The Hall–Kier alpha value is -2.41. The van der Waals surface area contributed by atoms with E-state index < -0.39 is 0 Å². The molecule has 0 radical (unpaired) electrons. The summed E-state index contributed by atoms with van der Waals surface area (Å²) in [6, 6.07) is 10.4. The van der Waals surface area contributed by atoms with Crippen LogP contribution in [0.5, 0.6) is 0 Å². The van der Waals surface area contributed by atoms with Crippen LogP contribution in [0.4, 0.5) is 5.82 Å². The van der Waals surface area contributed by atoms with E-state index >= 15 is 0 Å². The zero-order valence-corrected chi connectivity index (χ0v) is 16.1. The zero-order valence-electron chi connectivity index (χ0n) is 14.5. The van der Waals surface area contributed by atoms with Crippen LogP contribution in [0.15, 0.2) is 47.2 Å². The number of carbonyl (C=O) groups is 1. The Kier molecular flexibility index (Phi) is 4.63. The first-order valence-electron chi connectivity index (χ1n) is 8.69. The van der Waals surface area contributed by atoms with Crippen LogP contribution in [-0.2, 0) is 7.05 Å². The lowest BCUT2D eigenvalue weighted by atomic mass is 10.1. The number of benzene rings is 1. The number of halogens is 1. The van der Waals surface area contributed by atoms with E-state index in [4.69, 9.17) is 4.98 Å². The maximum Gasteiger partial charge on any atom is 0.254 e. The van der Waals surface area contributed by atoms with E-state index in [0.29, 0.717) is 5.56 Å². The number of piperidine rings is 1. The molecule has 1 atom stereocenters. The van der Waals surface area contributed by atoms with Gasteiger partial charge in [0.1, 0.15) is 5.82 Å². The molecule has 4 rings (SSSR count). The summed E-state index contributed by atoms with van der Waals surface area (Å²) in [6.45, 7) is 1.71. The van der Waals surface area contributed by atoms with Crippen molar-refractivity contribution in [1.29, 1.82) is 0 Å². The molecular weight excluding hydrogens is 394 g/mol. The molecule has 134 valence electrons. The normalized spacial score (nSPS) is 17.5. The first-order valence-corrected chi connectivity index (χ1v) is 9.48. The van der Waals surface area contributed by atoms with Gasteiger partial charge in [-0.2, -0.15) is 5.10 Å². The molecule has 1 amide bonds. The van der Waals surface area contributed by atoms with Gasteiger partial charge in [0.25, 0.3) is 5.91 Å². The quantitative estimate of drug-likeness (QED) is 0.716. The van der Waals surface area contributed by atoms with Crippen LogP contribution in [0.2, 0.25) is 0 Å². The van der Waals surface area contributed by atoms with Gasteiger partial charge in [-0.1, -0.05) is 22.0 Å². The molecule has 1 aliphatic rings. The molecule has 1 aromatic carbocycles. The monoisotopic (exact) mass is 413 g/mol. The smallest absolute Gasteiger partial charge is 0.254 e. The molecule has 26 heavy (non-hydrogen) atoms. The number of nitrogens with one attached hydrogen (secondary N) is 1.